The normalized spacial score (nSPS) is 10.8. The van der Waals surface area contributed by atoms with Crippen molar-refractivity contribution in [3.63, 3.8) is 0 Å². The molecule has 0 aliphatic heterocycles. The van der Waals surface area contributed by atoms with Crippen LogP contribution in [0.1, 0.15) is 96.3 Å². The highest BCUT2D eigenvalue weighted by atomic mass is 16.2. The largest absolute Gasteiger partial charge is 0.396 e. The second-order valence-electron chi connectivity index (χ2n) is 5.75. The highest BCUT2D eigenvalue weighted by molar-refractivity contribution is 4.65. The minimum Gasteiger partial charge on any atom is -0.396 e. The van der Waals surface area contributed by atoms with E-state index >= 15 is 0 Å². The van der Waals surface area contributed by atoms with Gasteiger partial charge in [-0.1, -0.05) is 83.1 Å². The van der Waals surface area contributed by atoms with Crippen LogP contribution in [0.4, 0.5) is 0 Å². The summed E-state index contributed by atoms with van der Waals surface area (Å²) in [6.07, 6.45) is 22.2. The zero-order valence-electron chi connectivity index (χ0n) is 13.0. The zero-order valence-corrected chi connectivity index (χ0v) is 13.0. The number of aliphatic hydroxyl groups is 1. The first kappa shape index (κ1) is 18.7. The SMILES string of the molecule is C=CCCCCCCCCCCCCCCCCO. The minimum absolute atomic E-state index is 0.369. The van der Waals surface area contributed by atoms with E-state index in [0.717, 1.165) is 6.42 Å². The average Bonchev–Trinajstić information content (AvgIpc) is 2.43. The molecule has 0 spiro atoms. The van der Waals surface area contributed by atoms with Crippen LogP contribution in [0.5, 0.6) is 0 Å². The maximum Gasteiger partial charge on any atom is 0.0431 e. The van der Waals surface area contributed by atoms with Gasteiger partial charge in [0.15, 0.2) is 0 Å². The number of unbranched alkanes of at least 4 members (excludes halogenated alkanes) is 14. The number of hydrogen-bond donors (Lipinski definition) is 1. The van der Waals surface area contributed by atoms with Crippen molar-refractivity contribution in [3.8, 4) is 0 Å². The smallest absolute Gasteiger partial charge is 0.0431 e. The monoisotopic (exact) mass is 268 g/mol. The van der Waals surface area contributed by atoms with Crippen LogP contribution in [0.3, 0.4) is 0 Å². The fraction of sp³-hybridized carbons (Fsp3) is 0.889. The van der Waals surface area contributed by atoms with Crippen LogP contribution >= 0.6 is 0 Å². The van der Waals surface area contributed by atoms with Gasteiger partial charge in [0, 0.05) is 6.61 Å². The van der Waals surface area contributed by atoms with Crippen molar-refractivity contribution in [2.75, 3.05) is 6.61 Å². The van der Waals surface area contributed by atoms with Crippen molar-refractivity contribution in [2.24, 2.45) is 0 Å². The Bertz CT molecular complexity index is 165. The van der Waals surface area contributed by atoms with Crippen molar-refractivity contribution in [2.45, 2.75) is 96.3 Å². The lowest BCUT2D eigenvalue weighted by Crippen LogP contribution is -1.85. The molecule has 0 fully saturated rings. The van der Waals surface area contributed by atoms with Crippen molar-refractivity contribution >= 4 is 0 Å². The molecule has 0 saturated heterocycles. The van der Waals surface area contributed by atoms with Gasteiger partial charge < -0.3 is 5.11 Å². The van der Waals surface area contributed by atoms with E-state index in [4.69, 9.17) is 5.11 Å². The van der Waals surface area contributed by atoms with E-state index in [2.05, 4.69) is 6.58 Å². The molecule has 0 rings (SSSR count). The Morgan fingerprint density at radius 1 is 0.526 bits per heavy atom. The lowest BCUT2D eigenvalue weighted by Gasteiger charge is -2.03. The summed E-state index contributed by atoms with van der Waals surface area (Å²) in [4.78, 5) is 0. The Morgan fingerprint density at radius 3 is 1.16 bits per heavy atom. The third kappa shape index (κ3) is 17.7. The molecule has 0 bridgehead atoms. The molecule has 0 aliphatic rings. The van der Waals surface area contributed by atoms with Crippen LogP contribution in [0.15, 0.2) is 12.7 Å². The number of allylic oxidation sites excluding steroid dienone is 1. The number of hydrogen-bond acceptors (Lipinski definition) is 1. The zero-order chi connectivity index (χ0) is 14.0. The van der Waals surface area contributed by atoms with Crippen LogP contribution in [0.25, 0.3) is 0 Å². The molecule has 0 amide bonds. The van der Waals surface area contributed by atoms with Gasteiger partial charge in [-0.05, 0) is 19.3 Å². The van der Waals surface area contributed by atoms with Crippen LogP contribution in [0, 0.1) is 0 Å². The molecular formula is C18H36O. The van der Waals surface area contributed by atoms with Crippen molar-refractivity contribution in [1.82, 2.24) is 0 Å². The molecule has 0 heterocycles. The first-order valence-electron chi connectivity index (χ1n) is 8.63. The van der Waals surface area contributed by atoms with E-state index < -0.39 is 0 Å². The van der Waals surface area contributed by atoms with Gasteiger partial charge in [0.2, 0.25) is 0 Å². The van der Waals surface area contributed by atoms with Crippen LogP contribution in [-0.4, -0.2) is 11.7 Å². The van der Waals surface area contributed by atoms with Gasteiger partial charge in [0.05, 0.1) is 0 Å². The minimum atomic E-state index is 0.369. The molecule has 19 heavy (non-hydrogen) atoms. The van der Waals surface area contributed by atoms with Gasteiger partial charge in [-0.2, -0.15) is 0 Å². The summed E-state index contributed by atoms with van der Waals surface area (Å²) in [6.45, 7) is 4.12. The summed E-state index contributed by atoms with van der Waals surface area (Å²) in [5, 5.41) is 8.67. The van der Waals surface area contributed by atoms with E-state index in [1.807, 2.05) is 6.08 Å². The second-order valence-corrected chi connectivity index (χ2v) is 5.75. The highest BCUT2D eigenvalue weighted by Gasteiger charge is 1.93. The fourth-order valence-corrected chi connectivity index (χ4v) is 2.52. The maximum atomic E-state index is 8.67. The maximum absolute atomic E-state index is 8.67. The summed E-state index contributed by atoms with van der Waals surface area (Å²) >= 11 is 0. The fourth-order valence-electron chi connectivity index (χ4n) is 2.52. The molecule has 0 atom stereocenters. The Labute approximate surface area is 121 Å². The first-order chi connectivity index (χ1) is 9.41. The number of rotatable bonds is 16. The van der Waals surface area contributed by atoms with Gasteiger partial charge in [-0.3, -0.25) is 0 Å². The molecule has 1 nitrogen and oxygen atoms in total. The highest BCUT2D eigenvalue weighted by Crippen LogP contribution is 2.13. The molecule has 0 unspecified atom stereocenters. The summed E-state index contributed by atoms with van der Waals surface area (Å²) in [5.41, 5.74) is 0. The molecule has 0 aliphatic carbocycles. The molecule has 0 aromatic rings. The van der Waals surface area contributed by atoms with E-state index in [1.54, 1.807) is 0 Å². The van der Waals surface area contributed by atoms with Crippen molar-refractivity contribution < 1.29 is 5.11 Å². The first-order valence-corrected chi connectivity index (χ1v) is 8.63. The van der Waals surface area contributed by atoms with Crippen LogP contribution in [-0.2, 0) is 0 Å². The molecule has 114 valence electrons. The summed E-state index contributed by atoms with van der Waals surface area (Å²) in [5.74, 6) is 0. The molecular weight excluding hydrogens is 232 g/mol. The van der Waals surface area contributed by atoms with Gasteiger partial charge in [-0.25, -0.2) is 0 Å². The van der Waals surface area contributed by atoms with Gasteiger partial charge in [0.25, 0.3) is 0 Å². The van der Waals surface area contributed by atoms with Crippen molar-refractivity contribution in [1.29, 1.82) is 0 Å². The molecule has 0 aromatic heterocycles. The average molecular weight is 268 g/mol. The van der Waals surface area contributed by atoms with Gasteiger partial charge >= 0.3 is 0 Å². The Morgan fingerprint density at radius 2 is 0.842 bits per heavy atom. The Balaban J connectivity index is 2.89. The van der Waals surface area contributed by atoms with E-state index in [0.29, 0.717) is 6.61 Å². The molecule has 0 saturated carbocycles. The van der Waals surface area contributed by atoms with E-state index in [-0.39, 0.29) is 0 Å². The Hall–Kier alpha value is -0.300. The lowest BCUT2D eigenvalue weighted by atomic mass is 10.0. The van der Waals surface area contributed by atoms with Crippen LogP contribution in [0.2, 0.25) is 0 Å². The molecule has 1 N–H and O–H groups in total. The third-order valence-electron chi connectivity index (χ3n) is 3.82. The predicted molar refractivity (Wildman–Crippen MR) is 86.5 cm³/mol. The van der Waals surface area contributed by atoms with Gasteiger partial charge in [-0.15, -0.1) is 6.58 Å². The van der Waals surface area contributed by atoms with Gasteiger partial charge in [0.1, 0.15) is 0 Å². The number of aliphatic hydroxyl groups excluding tert-OH is 1. The molecule has 1 heteroatoms. The summed E-state index contributed by atoms with van der Waals surface area (Å²) in [6, 6.07) is 0. The van der Waals surface area contributed by atoms with E-state index in [1.165, 1.54) is 89.9 Å². The summed E-state index contributed by atoms with van der Waals surface area (Å²) < 4.78 is 0. The van der Waals surface area contributed by atoms with E-state index in [9.17, 15) is 0 Å². The third-order valence-corrected chi connectivity index (χ3v) is 3.82. The second kappa shape index (κ2) is 17.7. The predicted octanol–water partition coefficient (Wildman–Crippen LogP) is 6.02. The van der Waals surface area contributed by atoms with Crippen molar-refractivity contribution in [3.05, 3.63) is 12.7 Å². The quantitative estimate of drug-likeness (QED) is 0.268. The topological polar surface area (TPSA) is 20.2 Å². The Kier molecular flexibility index (Phi) is 17.4. The standard InChI is InChI=1S/C18H36O/c1-2-3-4-5-6-7-8-9-10-11-12-13-14-15-16-17-18-19/h2,19H,1,3-18H2. The molecule has 0 aromatic carbocycles. The molecule has 0 radical (unpaired) electrons. The van der Waals surface area contributed by atoms with Crippen LogP contribution < -0.4 is 0 Å². The lowest BCUT2D eigenvalue weighted by molar-refractivity contribution is 0.282. The summed E-state index contributed by atoms with van der Waals surface area (Å²) in [7, 11) is 0.